The fraction of sp³-hybridized carbons (Fsp3) is 0.273. The Morgan fingerprint density at radius 3 is 2.87 bits per heavy atom. The molecule has 0 aliphatic heterocycles. The third-order valence-electron chi connectivity index (χ3n) is 2.45. The van der Waals surface area contributed by atoms with Gasteiger partial charge in [-0.05, 0) is 18.6 Å². The van der Waals surface area contributed by atoms with E-state index in [2.05, 4.69) is 10.4 Å². The van der Waals surface area contributed by atoms with Crippen molar-refractivity contribution < 1.29 is 4.79 Å². The highest BCUT2D eigenvalue weighted by Gasteiger charge is 2.14. The summed E-state index contributed by atoms with van der Waals surface area (Å²) < 4.78 is 1.73. The molecular weight excluding hydrogens is 190 g/mol. The van der Waals surface area contributed by atoms with Crippen LogP contribution in [0.25, 0.3) is 10.9 Å². The maximum atomic E-state index is 11.5. The second kappa shape index (κ2) is 3.38. The summed E-state index contributed by atoms with van der Waals surface area (Å²) >= 11 is 0. The largest absolute Gasteiger partial charge is 0.354 e. The molecule has 1 N–H and O–H groups in total. The van der Waals surface area contributed by atoms with Gasteiger partial charge in [-0.1, -0.05) is 12.1 Å². The first-order valence-corrected chi connectivity index (χ1v) is 4.79. The van der Waals surface area contributed by atoms with Gasteiger partial charge in [-0.3, -0.25) is 9.48 Å². The van der Waals surface area contributed by atoms with Gasteiger partial charge in [-0.25, -0.2) is 0 Å². The van der Waals surface area contributed by atoms with Gasteiger partial charge >= 0.3 is 0 Å². The highest BCUT2D eigenvalue weighted by atomic mass is 16.1. The molecule has 1 aromatic carbocycles. The Bertz CT molecular complexity index is 528. The predicted octanol–water partition coefficient (Wildman–Crippen LogP) is 1.24. The molecule has 0 aliphatic carbocycles. The van der Waals surface area contributed by atoms with E-state index in [1.54, 1.807) is 11.7 Å². The minimum Gasteiger partial charge on any atom is -0.354 e. The van der Waals surface area contributed by atoms with Crippen LogP contribution in [-0.4, -0.2) is 22.7 Å². The molecule has 1 aromatic heterocycles. The monoisotopic (exact) mass is 203 g/mol. The van der Waals surface area contributed by atoms with Crippen molar-refractivity contribution in [1.82, 2.24) is 15.1 Å². The maximum absolute atomic E-state index is 11.5. The zero-order valence-corrected chi connectivity index (χ0v) is 9.03. The number of hydrogen-bond donors (Lipinski definition) is 1. The van der Waals surface area contributed by atoms with E-state index in [-0.39, 0.29) is 5.91 Å². The Hall–Kier alpha value is -1.84. The van der Waals surface area contributed by atoms with Gasteiger partial charge in [0.25, 0.3) is 5.91 Å². The number of carbonyl (C=O) groups is 1. The Kier molecular flexibility index (Phi) is 2.19. The standard InChI is InChI=1S/C11H13N3O/c1-7-4-5-8-9(6-7)14(3)13-10(8)11(15)12-2/h4-6H,1-3H3,(H,12,15). The van der Waals surface area contributed by atoms with Crippen LogP contribution in [0, 0.1) is 6.92 Å². The van der Waals surface area contributed by atoms with Crippen LogP contribution in [0.4, 0.5) is 0 Å². The summed E-state index contributed by atoms with van der Waals surface area (Å²) in [7, 11) is 3.45. The highest BCUT2D eigenvalue weighted by molar-refractivity contribution is 6.04. The first-order valence-electron chi connectivity index (χ1n) is 4.79. The van der Waals surface area contributed by atoms with Crippen LogP contribution in [0.5, 0.6) is 0 Å². The first-order chi connectivity index (χ1) is 7.13. The van der Waals surface area contributed by atoms with Crippen LogP contribution in [-0.2, 0) is 7.05 Å². The Morgan fingerprint density at radius 2 is 2.20 bits per heavy atom. The molecule has 15 heavy (non-hydrogen) atoms. The summed E-state index contributed by atoms with van der Waals surface area (Å²) in [6, 6.07) is 5.94. The third-order valence-corrected chi connectivity index (χ3v) is 2.45. The molecule has 4 heteroatoms. The lowest BCUT2D eigenvalue weighted by Crippen LogP contribution is -2.18. The van der Waals surface area contributed by atoms with Gasteiger partial charge in [0, 0.05) is 19.5 Å². The molecule has 0 saturated heterocycles. The van der Waals surface area contributed by atoms with E-state index in [4.69, 9.17) is 0 Å². The van der Waals surface area contributed by atoms with E-state index in [0.717, 1.165) is 16.5 Å². The van der Waals surface area contributed by atoms with Crippen LogP contribution < -0.4 is 5.32 Å². The lowest BCUT2D eigenvalue weighted by molar-refractivity contribution is 0.0959. The topological polar surface area (TPSA) is 46.9 Å². The number of nitrogens with one attached hydrogen (secondary N) is 1. The molecule has 4 nitrogen and oxygen atoms in total. The number of aryl methyl sites for hydroxylation is 2. The molecule has 78 valence electrons. The number of hydrogen-bond acceptors (Lipinski definition) is 2. The quantitative estimate of drug-likeness (QED) is 0.758. The van der Waals surface area contributed by atoms with Gasteiger partial charge in [0.1, 0.15) is 0 Å². The van der Waals surface area contributed by atoms with E-state index >= 15 is 0 Å². The highest BCUT2D eigenvalue weighted by Crippen LogP contribution is 2.18. The van der Waals surface area contributed by atoms with E-state index in [1.807, 2.05) is 32.2 Å². The normalized spacial score (nSPS) is 10.6. The van der Waals surface area contributed by atoms with Crippen molar-refractivity contribution in [2.24, 2.45) is 7.05 Å². The number of carbonyl (C=O) groups excluding carboxylic acids is 1. The van der Waals surface area contributed by atoms with Crippen LogP contribution in [0.3, 0.4) is 0 Å². The number of amides is 1. The molecule has 1 heterocycles. The molecule has 0 radical (unpaired) electrons. The van der Waals surface area contributed by atoms with Gasteiger partial charge < -0.3 is 5.32 Å². The molecular formula is C11H13N3O. The van der Waals surface area contributed by atoms with Crippen molar-refractivity contribution in [1.29, 1.82) is 0 Å². The smallest absolute Gasteiger partial charge is 0.272 e. The fourth-order valence-electron chi connectivity index (χ4n) is 1.65. The summed E-state index contributed by atoms with van der Waals surface area (Å²) in [5.74, 6) is -0.149. The van der Waals surface area contributed by atoms with Crippen molar-refractivity contribution in [2.75, 3.05) is 7.05 Å². The molecule has 0 spiro atoms. The minimum atomic E-state index is -0.149. The van der Waals surface area contributed by atoms with Crippen molar-refractivity contribution in [3.8, 4) is 0 Å². The van der Waals surface area contributed by atoms with Crippen molar-refractivity contribution in [3.05, 3.63) is 29.5 Å². The summed E-state index contributed by atoms with van der Waals surface area (Å²) in [4.78, 5) is 11.5. The third kappa shape index (κ3) is 1.48. The van der Waals surface area contributed by atoms with Crippen LogP contribution in [0.15, 0.2) is 18.2 Å². The molecule has 0 unspecified atom stereocenters. The lowest BCUT2D eigenvalue weighted by atomic mass is 10.1. The van der Waals surface area contributed by atoms with Gasteiger partial charge in [0.15, 0.2) is 5.69 Å². The molecule has 0 fully saturated rings. The van der Waals surface area contributed by atoms with Gasteiger partial charge in [0.05, 0.1) is 5.52 Å². The lowest BCUT2D eigenvalue weighted by Gasteiger charge is -1.96. The van der Waals surface area contributed by atoms with Crippen LogP contribution in [0.1, 0.15) is 16.1 Å². The number of rotatable bonds is 1. The van der Waals surface area contributed by atoms with Crippen LogP contribution in [0.2, 0.25) is 0 Å². The van der Waals surface area contributed by atoms with Crippen molar-refractivity contribution in [2.45, 2.75) is 6.92 Å². The van der Waals surface area contributed by atoms with Crippen LogP contribution >= 0.6 is 0 Å². The predicted molar refractivity (Wildman–Crippen MR) is 58.8 cm³/mol. The molecule has 1 amide bonds. The molecule has 0 saturated carbocycles. The average molecular weight is 203 g/mol. The van der Waals surface area contributed by atoms with E-state index in [1.165, 1.54) is 0 Å². The minimum absolute atomic E-state index is 0.149. The first kappa shape index (κ1) is 9.71. The second-order valence-electron chi connectivity index (χ2n) is 3.57. The van der Waals surface area contributed by atoms with Crippen molar-refractivity contribution >= 4 is 16.8 Å². The van der Waals surface area contributed by atoms with E-state index < -0.39 is 0 Å². The molecule has 0 bridgehead atoms. The second-order valence-corrected chi connectivity index (χ2v) is 3.57. The van der Waals surface area contributed by atoms with Gasteiger partial charge in [0.2, 0.25) is 0 Å². The Balaban J connectivity index is 2.73. The van der Waals surface area contributed by atoms with E-state index in [0.29, 0.717) is 5.69 Å². The van der Waals surface area contributed by atoms with Crippen molar-refractivity contribution in [3.63, 3.8) is 0 Å². The van der Waals surface area contributed by atoms with Gasteiger partial charge in [-0.15, -0.1) is 0 Å². The average Bonchev–Trinajstić information content (AvgIpc) is 2.55. The SMILES string of the molecule is CNC(=O)c1nn(C)c2cc(C)ccc12. The van der Waals surface area contributed by atoms with Gasteiger partial charge in [-0.2, -0.15) is 5.10 Å². The summed E-state index contributed by atoms with van der Waals surface area (Å²) in [5, 5.41) is 7.68. The summed E-state index contributed by atoms with van der Waals surface area (Å²) in [5.41, 5.74) is 2.62. The molecule has 2 aromatic rings. The molecule has 2 rings (SSSR count). The molecule has 0 aliphatic rings. The summed E-state index contributed by atoms with van der Waals surface area (Å²) in [6.45, 7) is 2.02. The maximum Gasteiger partial charge on any atom is 0.272 e. The molecule has 0 atom stereocenters. The zero-order valence-electron chi connectivity index (χ0n) is 9.03. The number of aromatic nitrogens is 2. The number of nitrogens with zero attached hydrogens (tertiary/aromatic N) is 2. The summed E-state index contributed by atoms with van der Waals surface area (Å²) in [6.07, 6.45) is 0. The zero-order chi connectivity index (χ0) is 11.0. The number of benzene rings is 1. The fourth-order valence-corrected chi connectivity index (χ4v) is 1.65. The Morgan fingerprint density at radius 1 is 1.47 bits per heavy atom. The Labute approximate surface area is 87.9 Å². The number of fused-ring (bicyclic) bond motifs is 1. The van der Waals surface area contributed by atoms with E-state index in [9.17, 15) is 4.79 Å².